The molecule has 2 nitrogen and oxygen atoms in total. The van der Waals surface area contributed by atoms with Crippen LogP contribution >= 0.6 is 0 Å². The van der Waals surface area contributed by atoms with E-state index in [1.165, 1.54) is 44.9 Å². The van der Waals surface area contributed by atoms with Crippen LogP contribution in [-0.4, -0.2) is 5.84 Å². The van der Waals surface area contributed by atoms with Crippen LogP contribution in [0.2, 0.25) is 0 Å². The van der Waals surface area contributed by atoms with Crippen LogP contribution in [0.15, 0.2) is 0 Å². The second-order valence-electron chi connectivity index (χ2n) is 6.02. The zero-order chi connectivity index (χ0) is 14.7. The highest BCUT2D eigenvalue weighted by molar-refractivity contribution is 5.83. The lowest BCUT2D eigenvalue weighted by Crippen LogP contribution is -2.43. The number of nitrogens with two attached hydrogens (primary N) is 1. The second-order valence-corrected chi connectivity index (χ2v) is 6.02. The Morgan fingerprint density at radius 2 is 1.42 bits per heavy atom. The maximum atomic E-state index is 8.20. The maximum absolute atomic E-state index is 8.20. The molecule has 0 rings (SSSR count). The van der Waals surface area contributed by atoms with Gasteiger partial charge < -0.3 is 5.73 Å². The van der Waals surface area contributed by atoms with Crippen LogP contribution in [0.5, 0.6) is 0 Å². The van der Waals surface area contributed by atoms with E-state index in [1.54, 1.807) is 0 Å². The molecule has 3 N–H and O–H groups in total. The molecular formula is C17H36N2. The van der Waals surface area contributed by atoms with Crippen molar-refractivity contribution in [3.05, 3.63) is 0 Å². The summed E-state index contributed by atoms with van der Waals surface area (Å²) in [4.78, 5) is 0. The predicted octanol–water partition coefficient (Wildman–Crippen LogP) is 5.51. The summed E-state index contributed by atoms with van der Waals surface area (Å²) in [7, 11) is 0. The number of hydrogen-bond donors (Lipinski definition) is 2. The Balaban J connectivity index is 5.06. The first-order chi connectivity index (χ1) is 9.08. The van der Waals surface area contributed by atoms with Gasteiger partial charge in [0.2, 0.25) is 0 Å². The molecular weight excluding hydrogens is 232 g/mol. The first-order valence-corrected chi connectivity index (χ1v) is 8.43. The smallest absolute Gasteiger partial charge is 0.0971 e. The Bertz CT molecular complexity index is 227. The summed E-state index contributed by atoms with van der Waals surface area (Å²) in [5.74, 6) is 1.06. The van der Waals surface area contributed by atoms with Gasteiger partial charge in [0.05, 0.1) is 5.84 Å². The highest BCUT2D eigenvalue weighted by atomic mass is 14.8. The van der Waals surface area contributed by atoms with Crippen LogP contribution < -0.4 is 5.73 Å². The molecule has 0 radical (unpaired) electrons. The Labute approximate surface area is 121 Å². The number of nitrogens with one attached hydrogen (secondary N) is 1. The largest absolute Gasteiger partial charge is 0.387 e. The zero-order valence-corrected chi connectivity index (χ0v) is 13.7. The first-order valence-electron chi connectivity index (χ1n) is 8.43. The summed E-state index contributed by atoms with van der Waals surface area (Å²) in [5.41, 5.74) is 6.07. The van der Waals surface area contributed by atoms with Gasteiger partial charge in [0, 0.05) is 5.41 Å². The molecule has 0 aromatic heterocycles. The van der Waals surface area contributed by atoms with Crippen molar-refractivity contribution >= 4 is 5.84 Å². The van der Waals surface area contributed by atoms with Crippen molar-refractivity contribution < 1.29 is 0 Å². The van der Waals surface area contributed by atoms with E-state index in [2.05, 4.69) is 27.7 Å². The van der Waals surface area contributed by atoms with Gasteiger partial charge in [-0.25, -0.2) is 0 Å². The molecule has 0 saturated heterocycles. The molecule has 0 aliphatic heterocycles. The fraction of sp³-hybridized carbons (Fsp3) is 0.941. The summed E-state index contributed by atoms with van der Waals surface area (Å²) in [5, 5.41) is 8.20. The number of amidine groups is 1. The van der Waals surface area contributed by atoms with Crippen LogP contribution in [0.1, 0.15) is 91.9 Å². The van der Waals surface area contributed by atoms with Crippen LogP contribution in [-0.2, 0) is 0 Å². The van der Waals surface area contributed by atoms with E-state index in [-0.39, 0.29) is 5.41 Å². The minimum absolute atomic E-state index is 0.0179. The molecule has 1 atom stereocenters. The van der Waals surface area contributed by atoms with Crippen molar-refractivity contribution in [2.75, 3.05) is 0 Å². The monoisotopic (exact) mass is 268 g/mol. The van der Waals surface area contributed by atoms with Crippen molar-refractivity contribution in [3.63, 3.8) is 0 Å². The molecule has 0 aromatic carbocycles. The fourth-order valence-corrected chi connectivity index (χ4v) is 3.33. The molecule has 114 valence electrons. The van der Waals surface area contributed by atoms with Gasteiger partial charge in [-0.05, 0) is 25.2 Å². The zero-order valence-electron chi connectivity index (χ0n) is 13.7. The molecule has 0 amide bonds. The maximum Gasteiger partial charge on any atom is 0.0971 e. The van der Waals surface area contributed by atoms with E-state index in [0.717, 1.165) is 19.3 Å². The summed E-state index contributed by atoms with van der Waals surface area (Å²) in [6.45, 7) is 8.99. The first kappa shape index (κ1) is 18.5. The van der Waals surface area contributed by atoms with Crippen LogP contribution in [0, 0.1) is 16.7 Å². The van der Waals surface area contributed by atoms with Gasteiger partial charge in [-0.15, -0.1) is 0 Å². The van der Waals surface area contributed by atoms with E-state index in [0.29, 0.717) is 11.8 Å². The van der Waals surface area contributed by atoms with Crippen molar-refractivity contribution in [1.82, 2.24) is 0 Å². The molecule has 0 heterocycles. The quantitative estimate of drug-likeness (QED) is 0.356. The van der Waals surface area contributed by atoms with E-state index >= 15 is 0 Å². The SMILES string of the molecule is CCCCC(CC)C(CCCC)(CCCC)C(=N)N. The second kappa shape index (κ2) is 10.3. The van der Waals surface area contributed by atoms with Crippen molar-refractivity contribution in [2.45, 2.75) is 91.9 Å². The fourth-order valence-electron chi connectivity index (χ4n) is 3.33. The van der Waals surface area contributed by atoms with Crippen LogP contribution in [0.4, 0.5) is 0 Å². The Kier molecular flexibility index (Phi) is 9.99. The summed E-state index contributed by atoms with van der Waals surface area (Å²) in [6, 6.07) is 0. The highest BCUT2D eigenvalue weighted by Crippen LogP contribution is 2.43. The number of unbranched alkanes of at least 4 members (excludes halogenated alkanes) is 3. The average Bonchev–Trinajstić information content (AvgIpc) is 2.41. The minimum atomic E-state index is -0.0179. The number of rotatable bonds is 12. The lowest BCUT2D eigenvalue weighted by molar-refractivity contribution is 0.184. The normalized spacial score (nSPS) is 13.5. The highest BCUT2D eigenvalue weighted by Gasteiger charge is 2.39. The van der Waals surface area contributed by atoms with Gasteiger partial charge in [0.25, 0.3) is 0 Å². The molecule has 0 spiro atoms. The topological polar surface area (TPSA) is 49.9 Å². The Hall–Kier alpha value is -0.530. The lowest BCUT2D eigenvalue weighted by atomic mass is 9.65. The van der Waals surface area contributed by atoms with Crippen molar-refractivity contribution in [3.8, 4) is 0 Å². The molecule has 0 aromatic rings. The van der Waals surface area contributed by atoms with Gasteiger partial charge in [-0.3, -0.25) is 5.41 Å². The minimum Gasteiger partial charge on any atom is -0.387 e. The summed E-state index contributed by atoms with van der Waals surface area (Å²) < 4.78 is 0. The molecule has 1 unspecified atom stereocenters. The van der Waals surface area contributed by atoms with Gasteiger partial charge in [-0.2, -0.15) is 0 Å². The van der Waals surface area contributed by atoms with E-state index in [4.69, 9.17) is 11.1 Å². The van der Waals surface area contributed by atoms with Crippen LogP contribution in [0.3, 0.4) is 0 Å². The third-order valence-electron chi connectivity index (χ3n) is 4.67. The summed E-state index contributed by atoms with van der Waals surface area (Å²) >= 11 is 0. The van der Waals surface area contributed by atoms with Crippen molar-refractivity contribution in [1.29, 1.82) is 5.41 Å². The lowest BCUT2D eigenvalue weighted by Gasteiger charge is -2.40. The van der Waals surface area contributed by atoms with Gasteiger partial charge in [0.1, 0.15) is 0 Å². The Morgan fingerprint density at radius 1 is 0.947 bits per heavy atom. The molecule has 2 heteroatoms. The predicted molar refractivity (Wildman–Crippen MR) is 86.7 cm³/mol. The third kappa shape index (κ3) is 5.54. The van der Waals surface area contributed by atoms with Gasteiger partial charge >= 0.3 is 0 Å². The Morgan fingerprint density at radius 3 is 1.74 bits per heavy atom. The third-order valence-corrected chi connectivity index (χ3v) is 4.67. The van der Waals surface area contributed by atoms with E-state index in [9.17, 15) is 0 Å². The van der Waals surface area contributed by atoms with Gasteiger partial charge in [0.15, 0.2) is 0 Å². The standard InChI is InChI=1S/C17H36N2/c1-5-9-12-15(8-4)17(16(18)19,13-10-6-2)14-11-7-3/h15H,5-14H2,1-4H3,(H3,18,19). The van der Waals surface area contributed by atoms with E-state index < -0.39 is 0 Å². The molecule has 0 aliphatic rings. The average molecular weight is 268 g/mol. The van der Waals surface area contributed by atoms with Crippen LogP contribution in [0.25, 0.3) is 0 Å². The molecule has 0 aliphatic carbocycles. The van der Waals surface area contributed by atoms with Gasteiger partial charge in [-0.1, -0.05) is 72.6 Å². The molecule has 19 heavy (non-hydrogen) atoms. The van der Waals surface area contributed by atoms with Crippen molar-refractivity contribution in [2.24, 2.45) is 17.1 Å². The molecule has 0 bridgehead atoms. The van der Waals surface area contributed by atoms with E-state index in [1.807, 2.05) is 0 Å². The molecule has 0 fully saturated rings. The summed E-state index contributed by atoms with van der Waals surface area (Å²) in [6.07, 6.45) is 11.9. The number of hydrogen-bond acceptors (Lipinski definition) is 1. The molecule has 0 saturated carbocycles.